The standard InChI is InChI=1S/C13H17N3O5/c1-8-6-9(4-5-10(8)16(20)21)15-12(19)14-7-13(2,3)11(17)18/h4-6H,7H2,1-3H3,(H,17,18)(H2,14,15,19). The van der Waals surface area contributed by atoms with Crippen molar-refractivity contribution in [3.05, 3.63) is 33.9 Å². The van der Waals surface area contributed by atoms with Crippen LogP contribution in [0.3, 0.4) is 0 Å². The number of benzene rings is 1. The number of hydrogen-bond donors (Lipinski definition) is 3. The predicted octanol–water partition coefficient (Wildman–Crippen LogP) is 2.14. The zero-order chi connectivity index (χ0) is 16.2. The van der Waals surface area contributed by atoms with E-state index in [4.69, 9.17) is 5.11 Å². The van der Waals surface area contributed by atoms with Gasteiger partial charge in [-0.2, -0.15) is 0 Å². The average Bonchev–Trinajstić information content (AvgIpc) is 2.36. The van der Waals surface area contributed by atoms with Gasteiger partial charge in [0.25, 0.3) is 5.69 Å². The number of nitrogens with zero attached hydrogens (tertiary/aromatic N) is 1. The second-order valence-corrected chi connectivity index (χ2v) is 5.26. The number of amides is 2. The second-order valence-electron chi connectivity index (χ2n) is 5.26. The fourth-order valence-corrected chi connectivity index (χ4v) is 1.49. The van der Waals surface area contributed by atoms with Gasteiger partial charge in [-0.05, 0) is 32.9 Å². The molecule has 0 aromatic heterocycles. The van der Waals surface area contributed by atoms with Crippen LogP contribution in [0.5, 0.6) is 0 Å². The summed E-state index contributed by atoms with van der Waals surface area (Å²) in [5.41, 5.74) is -0.303. The number of nitrogens with one attached hydrogen (secondary N) is 2. The molecule has 1 aromatic carbocycles. The predicted molar refractivity (Wildman–Crippen MR) is 76.3 cm³/mol. The molecule has 8 nitrogen and oxygen atoms in total. The van der Waals surface area contributed by atoms with Crippen molar-refractivity contribution in [2.24, 2.45) is 5.41 Å². The molecule has 0 bridgehead atoms. The fraction of sp³-hybridized carbons (Fsp3) is 0.385. The number of carboxylic acid groups (broad SMARTS) is 1. The van der Waals surface area contributed by atoms with Crippen LogP contribution in [0, 0.1) is 22.5 Å². The van der Waals surface area contributed by atoms with Gasteiger partial charge < -0.3 is 15.7 Å². The van der Waals surface area contributed by atoms with Gasteiger partial charge in [-0.25, -0.2) is 4.79 Å². The van der Waals surface area contributed by atoms with Crippen LogP contribution in [0.2, 0.25) is 0 Å². The average molecular weight is 295 g/mol. The number of aliphatic carboxylic acids is 1. The molecule has 0 radical (unpaired) electrons. The van der Waals surface area contributed by atoms with E-state index in [1.807, 2.05) is 0 Å². The number of nitro groups is 1. The first-order valence-electron chi connectivity index (χ1n) is 6.17. The summed E-state index contributed by atoms with van der Waals surface area (Å²) >= 11 is 0. The van der Waals surface area contributed by atoms with Crippen LogP contribution < -0.4 is 10.6 Å². The van der Waals surface area contributed by atoms with Crippen molar-refractivity contribution in [2.45, 2.75) is 20.8 Å². The van der Waals surface area contributed by atoms with Gasteiger partial charge in [-0.1, -0.05) is 0 Å². The molecule has 0 aliphatic heterocycles. The van der Waals surface area contributed by atoms with E-state index in [2.05, 4.69) is 10.6 Å². The molecule has 0 atom stereocenters. The van der Waals surface area contributed by atoms with Crippen molar-refractivity contribution in [3.63, 3.8) is 0 Å². The maximum absolute atomic E-state index is 11.7. The summed E-state index contributed by atoms with van der Waals surface area (Å²) in [7, 11) is 0. The molecule has 0 aliphatic carbocycles. The summed E-state index contributed by atoms with van der Waals surface area (Å²) in [5.74, 6) is -1.02. The lowest BCUT2D eigenvalue weighted by Gasteiger charge is -2.19. The van der Waals surface area contributed by atoms with Crippen molar-refractivity contribution < 1.29 is 19.6 Å². The first-order valence-corrected chi connectivity index (χ1v) is 6.17. The van der Waals surface area contributed by atoms with Crippen LogP contribution in [0.1, 0.15) is 19.4 Å². The lowest BCUT2D eigenvalue weighted by Crippen LogP contribution is -2.40. The van der Waals surface area contributed by atoms with Gasteiger partial charge in [0.15, 0.2) is 0 Å². The Hall–Kier alpha value is -2.64. The normalized spacial score (nSPS) is 10.8. The van der Waals surface area contributed by atoms with E-state index < -0.39 is 22.3 Å². The Kier molecular flexibility index (Phi) is 4.85. The lowest BCUT2D eigenvalue weighted by atomic mass is 9.94. The molecule has 2 amide bonds. The Bertz CT molecular complexity index is 583. The molecular formula is C13H17N3O5. The minimum absolute atomic E-state index is 0.0343. The summed E-state index contributed by atoms with van der Waals surface area (Å²) in [6.45, 7) is 4.51. The number of rotatable bonds is 5. The number of nitro benzene ring substituents is 1. The zero-order valence-electron chi connectivity index (χ0n) is 12.0. The van der Waals surface area contributed by atoms with Gasteiger partial charge in [-0.15, -0.1) is 0 Å². The number of aryl methyl sites for hydroxylation is 1. The number of urea groups is 1. The molecule has 0 unspecified atom stereocenters. The number of carbonyl (C=O) groups excluding carboxylic acids is 1. The monoisotopic (exact) mass is 295 g/mol. The van der Waals surface area contributed by atoms with Crippen molar-refractivity contribution in [1.82, 2.24) is 5.32 Å². The smallest absolute Gasteiger partial charge is 0.319 e. The number of hydrogen-bond acceptors (Lipinski definition) is 4. The molecule has 21 heavy (non-hydrogen) atoms. The highest BCUT2D eigenvalue weighted by atomic mass is 16.6. The molecule has 3 N–H and O–H groups in total. The lowest BCUT2D eigenvalue weighted by molar-refractivity contribution is -0.385. The van der Waals surface area contributed by atoms with Crippen LogP contribution in [0.25, 0.3) is 0 Å². The van der Waals surface area contributed by atoms with Crippen LogP contribution in [0.15, 0.2) is 18.2 Å². The number of carbonyl (C=O) groups is 2. The van der Waals surface area contributed by atoms with E-state index in [1.165, 1.54) is 32.0 Å². The van der Waals surface area contributed by atoms with Crippen LogP contribution in [0.4, 0.5) is 16.2 Å². The van der Waals surface area contributed by atoms with Gasteiger partial charge >= 0.3 is 12.0 Å². The van der Waals surface area contributed by atoms with E-state index >= 15 is 0 Å². The third-order valence-electron chi connectivity index (χ3n) is 2.92. The third-order valence-corrected chi connectivity index (χ3v) is 2.92. The van der Waals surface area contributed by atoms with E-state index in [0.717, 1.165) is 0 Å². The summed E-state index contributed by atoms with van der Waals surface area (Å²) in [5, 5.41) is 24.5. The maximum Gasteiger partial charge on any atom is 0.319 e. The molecule has 114 valence electrons. The molecule has 0 saturated heterocycles. The van der Waals surface area contributed by atoms with Crippen molar-refractivity contribution in [3.8, 4) is 0 Å². The SMILES string of the molecule is Cc1cc(NC(=O)NCC(C)(C)C(=O)O)ccc1[N+](=O)[O-]. The summed E-state index contributed by atoms with van der Waals surface area (Å²) < 4.78 is 0. The highest BCUT2D eigenvalue weighted by molar-refractivity contribution is 5.90. The largest absolute Gasteiger partial charge is 0.481 e. The van der Waals surface area contributed by atoms with Gasteiger partial charge in [0.2, 0.25) is 0 Å². The van der Waals surface area contributed by atoms with Crippen molar-refractivity contribution >= 4 is 23.4 Å². The van der Waals surface area contributed by atoms with Gasteiger partial charge in [0.05, 0.1) is 10.3 Å². The highest BCUT2D eigenvalue weighted by Crippen LogP contribution is 2.21. The van der Waals surface area contributed by atoms with Gasteiger partial charge in [0.1, 0.15) is 0 Å². The van der Waals surface area contributed by atoms with E-state index in [0.29, 0.717) is 11.3 Å². The van der Waals surface area contributed by atoms with E-state index in [1.54, 1.807) is 6.92 Å². The topological polar surface area (TPSA) is 122 Å². The third kappa shape index (κ3) is 4.44. The maximum atomic E-state index is 11.7. The molecule has 0 spiro atoms. The van der Waals surface area contributed by atoms with Gasteiger partial charge in [0, 0.05) is 23.9 Å². The van der Waals surface area contributed by atoms with E-state index in [-0.39, 0.29) is 12.2 Å². The van der Waals surface area contributed by atoms with Crippen molar-refractivity contribution in [2.75, 3.05) is 11.9 Å². The molecule has 0 aliphatic rings. The Morgan fingerprint density at radius 2 is 2.00 bits per heavy atom. The first kappa shape index (κ1) is 16.4. The van der Waals surface area contributed by atoms with Gasteiger partial charge in [-0.3, -0.25) is 14.9 Å². The molecule has 0 fully saturated rings. The minimum Gasteiger partial charge on any atom is -0.481 e. The Morgan fingerprint density at radius 3 is 2.48 bits per heavy atom. The van der Waals surface area contributed by atoms with E-state index in [9.17, 15) is 19.7 Å². The second kappa shape index (κ2) is 6.21. The Labute approximate surface area is 121 Å². The first-order chi connectivity index (χ1) is 9.63. The molecule has 8 heteroatoms. The molecule has 1 rings (SSSR count). The molecular weight excluding hydrogens is 278 g/mol. The summed E-state index contributed by atoms with van der Waals surface area (Å²) in [6, 6.07) is 3.61. The number of anilines is 1. The molecule has 0 heterocycles. The van der Waals surface area contributed by atoms with Crippen LogP contribution in [-0.4, -0.2) is 28.6 Å². The summed E-state index contributed by atoms with van der Waals surface area (Å²) in [6.07, 6.45) is 0. The Morgan fingerprint density at radius 1 is 1.38 bits per heavy atom. The molecule has 0 saturated carbocycles. The molecule has 1 aromatic rings. The highest BCUT2D eigenvalue weighted by Gasteiger charge is 2.27. The van der Waals surface area contributed by atoms with Crippen LogP contribution >= 0.6 is 0 Å². The quantitative estimate of drug-likeness (QED) is 0.567. The minimum atomic E-state index is -1.08. The number of carboxylic acids is 1. The zero-order valence-corrected chi connectivity index (χ0v) is 12.0. The summed E-state index contributed by atoms with van der Waals surface area (Å²) in [4.78, 5) is 32.7. The fourth-order valence-electron chi connectivity index (χ4n) is 1.49. The van der Waals surface area contributed by atoms with Crippen molar-refractivity contribution in [1.29, 1.82) is 0 Å². The Balaban J connectivity index is 2.66. The van der Waals surface area contributed by atoms with Crippen LogP contribution in [-0.2, 0) is 4.79 Å².